The molecule has 2 aromatic heterocycles. The molecule has 0 unspecified atom stereocenters. The number of halogens is 1. The maximum absolute atomic E-state index is 13.7. The van der Waals surface area contributed by atoms with Gasteiger partial charge in [-0.3, -0.25) is 0 Å². The van der Waals surface area contributed by atoms with Gasteiger partial charge in [-0.15, -0.1) is 0 Å². The average Bonchev–Trinajstić information content (AvgIpc) is 3.18. The maximum Gasteiger partial charge on any atom is 0.159 e. The maximum atomic E-state index is 13.7. The first-order chi connectivity index (χ1) is 10.7. The van der Waals surface area contributed by atoms with Gasteiger partial charge in [-0.25, -0.2) is 9.37 Å². The molecule has 0 bridgehead atoms. The first-order valence-electron chi connectivity index (χ1n) is 7.34. The normalized spacial score (nSPS) is 14.3. The fourth-order valence-corrected chi connectivity index (χ4v) is 2.40. The Balaban J connectivity index is 1.73. The third-order valence-electron chi connectivity index (χ3n) is 3.82. The van der Waals surface area contributed by atoms with Crippen LogP contribution in [0, 0.1) is 12.7 Å². The van der Waals surface area contributed by atoms with Crippen LogP contribution in [0.1, 0.15) is 18.4 Å². The first kappa shape index (κ1) is 13.1. The molecule has 2 N–H and O–H groups in total. The third kappa shape index (κ3) is 2.36. The van der Waals surface area contributed by atoms with Crippen LogP contribution < -0.4 is 10.6 Å². The molecule has 1 aromatic carbocycles. The summed E-state index contributed by atoms with van der Waals surface area (Å²) in [5.74, 6) is 1.34. The molecule has 1 aliphatic rings. The summed E-state index contributed by atoms with van der Waals surface area (Å²) in [4.78, 5) is 4.52. The van der Waals surface area contributed by atoms with Crippen LogP contribution in [-0.4, -0.2) is 20.6 Å². The molecule has 1 saturated carbocycles. The Kier molecular flexibility index (Phi) is 2.96. The van der Waals surface area contributed by atoms with Crippen LogP contribution >= 0.6 is 0 Å². The van der Waals surface area contributed by atoms with Gasteiger partial charge in [0.15, 0.2) is 5.65 Å². The number of anilines is 3. The van der Waals surface area contributed by atoms with Gasteiger partial charge in [0.25, 0.3) is 0 Å². The highest BCUT2D eigenvalue weighted by atomic mass is 19.1. The van der Waals surface area contributed by atoms with Crippen LogP contribution in [0.5, 0.6) is 0 Å². The highest BCUT2D eigenvalue weighted by molar-refractivity contribution is 5.65. The van der Waals surface area contributed by atoms with Gasteiger partial charge in [0, 0.05) is 29.4 Å². The second-order valence-electron chi connectivity index (χ2n) is 5.58. The fourth-order valence-electron chi connectivity index (χ4n) is 2.40. The number of benzene rings is 1. The Morgan fingerprint density at radius 1 is 1.27 bits per heavy atom. The smallest absolute Gasteiger partial charge is 0.159 e. The van der Waals surface area contributed by atoms with E-state index in [1.165, 1.54) is 18.9 Å². The van der Waals surface area contributed by atoms with Gasteiger partial charge in [-0.05, 0) is 31.9 Å². The third-order valence-corrected chi connectivity index (χ3v) is 3.82. The molecule has 0 atom stereocenters. The van der Waals surface area contributed by atoms with Crippen molar-refractivity contribution in [1.29, 1.82) is 0 Å². The van der Waals surface area contributed by atoms with Crippen LogP contribution in [0.4, 0.5) is 21.7 Å². The summed E-state index contributed by atoms with van der Waals surface area (Å²) in [6, 6.07) is 9.25. The molecule has 112 valence electrons. The van der Waals surface area contributed by atoms with E-state index in [1.54, 1.807) is 23.7 Å². The minimum Gasteiger partial charge on any atom is -0.367 e. The van der Waals surface area contributed by atoms with Gasteiger partial charge in [-0.1, -0.05) is 6.07 Å². The summed E-state index contributed by atoms with van der Waals surface area (Å²) in [5.41, 5.74) is 2.05. The van der Waals surface area contributed by atoms with E-state index in [4.69, 9.17) is 0 Å². The zero-order valence-corrected chi connectivity index (χ0v) is 12.2. The van der Waals surface area contributed by atoms with Crippen molar-refractivity contribution >= 4 is 23.0 Å². The lowest BCUT2D eigenvalue weighted by atomic mass is 10.2. The number of nitrogens with one attached hydrogen (secondary N) is 2. The van der Waals surface area contributed by atoms with E-state index in [0.717, 1.165) is 11.5 Å². The van der Waals surface area contributed by atoms with Gasteiger partial charge in [0.2, 0.25) is 0 Å². The average molecular weight is 297 g/mol. The van der Waals surface area contributed by atoms with Gasteiger partial charge in [-0.2, -0.15) is 9.61 Å². The Hall–Kier alpha value is -2.63. The van der Waals surface area contributed by atoms with Crippen LogP contribution in [-0.2, 0) is 0 Å². The zero-order chi connectivity index (χ0) is 15.1. The highest BCUT2D eigenvalue weighted by Gasteiger charge is 2.22. The first-order valence-corrected chi connectivity index (χ1v) is 7.34. The van der Waals surface area contributed by atoms with Crippen LogP contribution in [0.2, 0.25) is 0 Å². The molecule has 1 fully saturated rings. The summed E-state index contributed by atoms with van der Waals surface area (Å²) in [6.45, 7) is 1.75. The monoisotopic (exact) mass is 297 g/mol. The second kappa shape index (κ2) is 4.98. The van der Waals surface area contributed by atoms with Crippen LogP contribution in [0.3, 0.4) is 0 Å². The molecule has 0 aliphatic heterocycles. The van der Waals surface area contributed by atoms with Crippen molar-refractivity contribution in [3.8, 4) is 0 Å². The zero-order valence-electron chi connectivity index (χ0n) is 12.2. The molecule has 1 aliphatic carbocycles. The molecular formula is C16H16FN5. The van der Waals surface area contributed by atoms with Crippen LogP contribution in [0.25, 0.3) is 5.65 Å². The molecule has 5 nitrogen and oxygen atoms in total. The van der Waals surface area contributed by atoms with Gasteiger partial charge in [0.05, 0.1) is 6.20 Å². The number of hydrogen-bond acceptors (Lipinski definition) is 4. The lowest BCUT2D eigenvalue weighted by molar-refractivity contribution is 0.619. The highest BCUT2D eigenvalue weighted by Crippen LogP contribution is 2.28. The fraction of sp³-hybridized carbons (Fsp3) is 0.250. The van der Waals surface area contributed by atoms with E-state index in [-0.39, 0.29) is 5.82 Å². The molecular weight excluding hydrogens is 281 g/mol. The second-order valence-corrected chi connectivity index (χ2v) is 5.58. The number of fused-ring (bicyclic) bond motifs is 1. The molecule has 6 heteroatoms. The van der Waals surface area contributed by atoms with Crippen molar-refractivity contribution in [2.24, 2.45) is 0 Å². The van der Waals surface area contributed by atoms with E-state index >= 15 is 0 Å². The SMILES string of the molecule is Cc1c(F)cccc1Nc1cc(NC2CC2)n2nccc2n1. The number of nitrogens with zero attached hydrogens (tertiary/aromatic N) is 3. The summed E-state index contributed by atoms with van der Waals surface area (Å²) < 4.78 is 15.4. The molecule has 0 spiro atoms. The predicted octanol–water partition coefficient (Wildman–Crippen LogP) is 3.49. The van der Waals surface area contributed by atoms with Gasteiger partial charge >= 0.3 is 0 Å². The summed E-state index contributed by atoms with van der Waals surface area (Å²) in [6.07, 6.45) is 4.07. The van der Waals surface area contributed by atoms with E-state index in [2.05, 4.69) is 20.7 Å². The minimum absolute atomic E-state index is 0.230. The lowest BCUT2D eigenvalue weighted by Crippen LogP contribution is -2.09. The molecule has 3 aromatic rings. The van der Waals surface area contributed by atoms with Crippen molar-refractivity contribution in [3.05, 3.63) is 47.9 Å². The Morgan fingerprint density at radius 2 is 2.14 bits per heavy atom. The topological polar surface area (TPSA) is 54.2 Å². The van der Waals surface area contributed by atoms with Gasteiger partial charge in [0.1, 0.15) is 17.5 Å². The molecule has 2 heterocycles. The molecule has 4 rings (SSSR count). The van der Waals surface area contributed by atoms with Gasteiger partial charge < -0.3 is 10.6 Å². The number of aromatic nitrogens is 3. The van der Waals surface area contributed by atoms with Crippen molar-refractivity contribution in [2.45, 2.75) is 25.8 Å². The Labute approximate surface area is 127 Å². The summed E-state index contributed by atoms with van der Waals surface area (Å²) in [5, 5.41) is 10.9. The summed E-state index contributed by atoms with van der Waals surface area (Å²) >= 11 is 0. The van der Waals surface area contributed by atoms with E-state index in [1.807, 2.05) is 18.2 Å². The molecule has 22 heavy (non-hydrogen) atoms. The number of hydrogen-bond donors (Lipinski definition) is 2. The predicted molar refractivity (Wildman–Crippen MR) is 84.1 cm³/mol. The van der Waals surface area contributed by atoms with Crippen LogP contribution in [0.15, 0.2) is 36.5 Å². The molecule has 0 saturated heterocycles. The van der Waals surface area contributed by atoms with E-state index < -0.39 is 0 Å². The minimum atomic E-state index is -0.230. The van der Waals surface area contributed by atoms with E-state index in [9.17, 15) is 4.39 Å². The van der Waals surface area contributed by atoms with Crippen molar-refractivity contribution in [1.82, 2.24) is 14.6 Å². The summed E-state index contributed by atoms with van der Waals surface area (Å²) in [7, 11) is 0. The Morgan fingerprint density at radius 3 is 2.95 bits per heavy atom. The molecule has 0 radical (unpaired) electrons. The lowest BCUT2D eigenvalue weighted by Gasteiger charge is -2.12. The van der Waals surface area contributed by atoms with Crippen molar-refractivity contribution in [2.75, 3.05) is 10.6 Å². The largest absolute Gasteiger partial charge is 0.367 e. The Bertz CT molecular complexity index is 838. The quantitative estimate of drug-likeness (QED) is 0.774. The standard InChI is InChI=1S/C16H16FN5/c1-10-12(17)3-2-4-13(10)20-14-9-16(19-11-5-6-11)22-15(21-14)7-8-18-22/h2-4,7-9,11,19H,5-6H2,1H3,(H,20,21). The van der Waals surface area contributed by atoms with E-state index in [0.29, 0.717) is 23.1 Å². The molecule has 0 amide bonds. The van der Waals surface area contributed by atoms with Crippen molar-refractivity contribution in [3.63, 3.8) is 0 Å². The van der Waals surface area contributed by atoms with Crippen molar-refractivity contribution < 1.29 is 4.39 Å². The number of rotatable bonds is 4.